The van der Waals surface area contributed by atoms with Crippen LogP contribution in [-0.4, -0.2) is 24.0 Å². The van der Waals surface area contributed by atoms with E-state index >= 15 is 0 Å². The average molecular weight is 290 g/mol. The number of hydrogen-bond acceptors (Lipinski definition) is 2. The van der Waals surface area contributed by atoms with Crippen LogP contribution in [0.4, 0.5) is 4.39 Å². The summed E-state index contributed by atoms with van der Waals surface area (Å²) < 4.78 is 13.7. The van der Waals surface area contributed by atoms with Gasteiger partial charge in [0.05, 0.1) is 12.1 Å². The third-order valence-electron chi connectivity index (χ3n) is 3.52. The lowest BCUT2D eigenvalue weighted by Crippen LogP contribution is -2.31. The SMILES string of the molecule is CCCCCN(Cc1ccc(F)c(C#CCN)c1)C(C)C. The molecule has 0 aliphatic heterocycles. The monoisotopic (exact) mass is 290 g/mol. The summed E-state index contributed by atoms with van der Waals surface area (Å²) in [6.07, 6.45) is 3.68. The molecule has 0 aliphatic rings. The molecule has 0 spiro atoms. The van der Waals surface area contributed by atoms with Crippen LogP contribution in [0.5, 0.6) is 0 Å². The highest BCUT2D eigenvalue weighted by atomic mass is 19.1. The molecular weight excluding hydrogens is 263 g/mol. The summed E-state index contributed by atoms with van der Waals surface area (Å²) in [6, 6.07) is 5.66. The van der Waals surface area contributed by atoms with E-state index < -0.39 is 0 Å². The molecule has 0 bridgehead atoms. The summed E-state index contributed by atoms with van der Waals surface area (Å²) in [4.78, 5) is 2.42. The molecule has 21 heavy (non-hydrogen) atoms. The van der Waals surface area contributed by atoms with Crippen molar-refractivity contribution in [1.82, 2.24) is 4.90 Å². The summed E-state index contributed by atoms with van der Waals surface area (Å²) in [5.41, 5.74) is 6.89. The summed E-state index contributed by atoms with van der Waals surface area (Å²) in [6.45, 7) is 8.77. The van der Waals surface area contributed by atoms with Crippen molar-refractivity contribution < 1.29 is 4.39 Å². The molecule has 0 atom stereocenters. The molecule has 0 saturated carbocycles. The van der Waals surface area contributed by atoms with Gasteiger partial charge in [-0.25, -0.2) is 4.39 Å². The second-order valence-electron chi connectivity index (χ2n) is 5.59. The molecule has 0 saturated heterocycles. The lowest BCUT2D eigenvalue weighted by atomic mass is 10.1. The van der Waals surface area contributed by atoms with Crippen molar-refractivity contribution in [2.45, 2.75) is 52.6 Å². The van der Waals surface area contributed by atoms with Crippen LogP contribution in [0, 0.1) is 17.7 Å². The maximum Gasteiger partial charge on any atom is 0.138 e. The van der Waals surface area contributed by atoms with Crippen LogP contribution in [-0.2, 0) is 6.54 Å². The Morgan fingerprint density at radius 2 is 2.05 bits per heavy atom. The van der Waals surface area contributed by atoms with Gasteiger partial charge in [0.2, 0.25) is 0 Å². The quantitative estimate of drug-likeness (QED) is 0.615. The van der Waals surface area contributed by atoms with Crippen LogP contribution in [0.1, 0.15) is 51.2 Å². The van der Waals surface area contributed by atoms with Crippen molar-refractivity contribution in [1.29, 1.82) is 0 Å². The highest BCUT2D eigenvalue weighted by Crippen LogP contribution is 2.14. The molecular formula is C18H27FN2. The predicted molar refractivity (Wildman–Crippen MR) is 87.4 cm³/mol. The Morgan fingerprint density at radius 3 is 2.67 bits per heavy atom. The Hall–Kier alpha value is -1.37. The van der Waals surface area contributed by atoms with E-state index in [1.165, 1.54) is 25.3 Å². The van der Waals surface area contributed by atoms with Crippen molar-refractivity contribution >= 4 is 0 Å². The van der Waals surface area contributed by atoms with Gasteiger partial charge in [0, 0.05) is 12.6 Å². The van der Waals surface area contributed by atoms with Gasteiger partial charge in [-0.15, -0.1) is 0 Å². The van der Waals surface area contributed by atoms with Gasteiger partial charge in [-0.2, -0.15) is 0 Å². The molecule has 2 N–H and O–H groups in total. The number of hydrogen-bond donors (Lipinski definition) is 1. The lowest BCUT2D eigenvalue weighted by molar-refractivity contribution is 0.208. The summed E-state index contributed by atoms with van der Waals surface area (Å²) in [5, 5.41) is 0. The smallest absolute Gasteiger partial charge is 0.138 e. The molecule has 0 aromatic heterocycles. The average Bonchev–Trinajstić information content (AvgIpc) is 2.46. The predicted octanol–water partition coefficient (Wildman–Crippen LogP) is 3.54. The van der Waals surface area contributed by atoms with Gasteiger partial charge in [-0.3, -0.25) is 4.90 Å². The van der Waals surface area contributed by atoms with E-state index in [2.05, 4.69) is 37.5 Å². The van der Waals surface area contributed by atoms with Gasteiger partial charge < -0.3 is 5.73 Å². The molecule has 0 aliphatic carbocycles. The van der Waals surface area contributed by atoms with Crippen molar-refractivity contribution in [2.24, 2.45) is 5.73 Å². The maximum atomic E-state index is 13.7. The lowest BCUT2D eigenvalue weighted by Gasteiger charge is -2.26. The number of unbranched alkanes of at least 4 members (excludes halogenated alkanes) is 2. The van der Waals surface area contributed by atoms with E-state index in [4.69, 9.17) is 5.73 Å². The molecule has 0 amide bonds. The number of nitrogens with two attached hydrogens (primary N) is 1. The fraction of sp³-hybridized carbons (Fsp3) is 0.556. The van der Waals surface area contributed by atoms with Gasteiger partial charge in [-0.05, 0) is 44.5 Å². The molecule has 1 aromatic rings. The number of nitrogens with zero attached hydrogens (tertiary/aromatic N) is 1. The van der Waals surface area contributed by atoms with E-state index in [0.717, 1.165) is 18.7 Å². The minimum absolute atomic E-state index is 0.249. The Morgan fingerprint density at radius 1 is 1.29 bits per heavy atom. The van der Waals surface area contributed by atoms with E-state index in [0.29, 0.717) is 11.6 Å². The Balaban J connectivity index is 2.79. The number of halogens is 1. The fourth-order valence-electron chi connectivity index (χ4n) is 2.23. The van der Waals surface area contributed by atoms with Gasteiger partial charge in [0.15, 0.2) is 0 Å². The fourth-order valence-corrected chi connectivity index (χ4v) is 2.23. The van der Waals surface area contributed by atoms with Gasteiger partial charge in [-0.1, -0.05) is 37.7 Å². The van der Waals surface area contributed by atoms with Crippen LogP contribution in [0.3, 0.4) is 0 Å². The normalized spacial score (nSPS) is 10.8. The minimum atomic E-state index is -0.276. The maximum absolute atomic E-state index is 13.7. The molecule has 1 aromatic carbocycles. The highest BCUT2D eigenvalue weighted by molar-refractivity contribution is 5.38. The zero-order valence-corrected chi connectivity index (χ0v) is 13.5. The van der Waals surface area contributed by atoms with E-state index in [-0.39, 0.29) is 12.4 Å². The summed E-state index contributed by atoms with van der Waals surface area (Å²) in [7, 11) is 0. The van der Waals surface area contributed by atoms with Crippen molar-refractivity contribution in [3.8, 4) is 11.8 Å². The molecule has 3 heteroatoms. The van der Waals surface area contributed by atoms with E-state index in [1.54, 1.807) is 0 Å². The molecule has 1 rings (SSSR count). The molecule has 0 fully saturated rings. The first-order chi connectivity index (χ1) is 10.1. The highest BCUT2D eigenvalue weighted by Gasteiger charge is 2.11. The number of rotatable bonds is 7. The summed E-state index contributed by atoms with van der Waals surface area (Å²) >= 11 is 0. The van der Waals surface area contributed by atoms with E-state index in [1.807, 2.05) is 12.1 Å². The molecule has 116 valence electrons. The van der Waals surface area contributed by atoms with E-state index in [9.17, 15) is 4.39 Å². The third-order valence-corrected chi connectivity index (χ3v) is 3.52. The van der Waals surface area contributed by atoms with Crippen molar-refractivity contribution in [3.63, 3.8) is 0 Å². The van der Waals surface area contributed by atoms with Crippen molar-refractivity contribution in [3.05, 3.63) is 35.1 Å². The number of benzene rings is 1. The van der Waals surface area contributed by atoms with Crippen LogP contribution < -0.4 is 5.73 Å². The zero-order chi connectivity index (χ0) is 15.7. The summed E-state index contributed by atoms with van der Waals surface area (Å²) in [5.74, 6) is 5.24. The standard InChI is InChI=1S/C18H27FN2/c1-4-5-6-12-21(15(2)3)14-16-9-10-18(19)17(13-16)8-7-11-20/h9-10,13,15H,4-6,11-12,14,20H2,1-3H3. The van der Waals surface area contributed by atoms with Gasteiger partial charge in [0.1, 0.15) is 5.82 Å². The first-order valence-corrected chi connectivity index (χ1v) is 7.79. The molecule has 2 nitrogen and oxygen atoms in total. The van der Waals surface area contributed by atoms with Crippen LogP contribution in [0.2, 0.25) is 0 Å². The molecule has 0 radical (unpaired) electrons. The molecule has 0 heterocycles. The minimum Gasteiger partial charge on any atom is -0.320 e. The van der Waals surface area contributed by atoms with Crippen LogP contribution in [0.15, 0.2) is 18.2 Å². The first kappa shape index (κ1) is 17.7. The largest absolute Gasteiger partial charge is 0.320 e. The Labute approximate surface area is 128 Å². The van der Waals surface area contributed by atoms with Crippen LogP contribution in [0.25, 0.3) is 0 Å². The Kier molecular flexibility index (Phi) is 8.04. The third kappa shape index (κ3) is 6.29. The zero-order valence-electron chi connectivity index (χ0n) is 13.5. The Bertz CT molecular complexity index is 486. The molecule has 0 unspecified atom stereocenters. The second-order valence-corrected chi connectivity index (χ2v) is 5.59. The van der Waals surface area contributed by atoms with Gasteiger partial charge in [0.25, 0.3) is 0 Å². The van der Waals surface area contributed by atoms with Crippen molar-refractivity contribution in [2.75, 3.05) is 13.1 Å². The van der Waals surface area contributed by atoms with Crippen LogP contribution >= 0.6 is 0 Å². The second kappa shape index (κ2) is 9.55. The first-order valence-electron chi connectivity index (χ1n) is 7.79. The van der Waals surface area contributed by atoms with Gasteiger partial charge >= 0.3 is 0 Å². The topological polar surface area (TPSA) is 29.3 Å².